The highest BCUT2D eigenvalue weighted by Gasteiger charge is 2.17. The molecule has 0 fully saturated rings. The van der Waals surface area contributed by atoms with Crippen molar-refractivity contribution in [3.05, 3.63) is 58.7 Å². The normalized spacial score (nSPS) is 11.2. The van der Waals surface area contributed by atoms with Crippen molar-refractivity contribution >= 4 is 11.6 Å². The van der Waals surface area contributed by atoms with E-state index in [-0.39, 0.29) is 22.8 Å². The number of rotatable bonds is 5. The number of imidazole rings is 1. The molecule has 0 spiro atoms. The summed E-state index contributed by atoms with van der Waals surface area (Å²) in [6.45, 7) is 4.63. The maximum atomic E-state index is 12.7. The predicted octanol–water partition coefficient (Wildman–Crippen LogP) is 0.931. The number of nitrogens with zero attached hydrogens (tertiary/aromatic N) is 6. The maximum Gasteiger partial charge on any atom is 0.294 e. The van der Waals surface area contributed by atoms with Crippen LogP contribution in [0.5, 0.6) is 0 Å². The van der Waals surface area contributed by atoms with Gasteiger partial charge in [0.05, 0.1) is 5.69 Å². The van der Waals surface area contributed by atoms with Crippen molar-refractivity contribution in [1.29, 1.82) is 0 Å². The standard InChI is InChI=1S/C18H19N7O3/c1-11-6-13(12(2)28-11)15-8-25-7-14(22-16(25)18(27)23(15)3)17(26)19-4-5-24-9-20-21-10-24/h6-10H,4-5H2,1-3H3,(H,19,26). The van der Waals surface area contributed by atoms with Gasteiger partial charge >= 0.3 is 0 Å². The molecule has 1 amide bonds. The molecule has 4 heterocycles. The fourth-order valence-corrected chi connectivity index (χ4v) is 3.10. The van der Waals surface area contributed by atoms with E-state index in [9.17, 15) is 9.59 Å². The van der Waals surface area contributed by atoms with Crippen LogP contribution < -0.4 is 10.9 Å². The Balaban J connectivity index is 1.63. The Kier molecular flexibility index (Phi) is 4.30. The summed E-state index contributed by atoms with van der Waals surface area (Å²) >= 11 is 0. The van der Waals surface area contributed by atoms with E-state index in [2.05, 4.69) is 20.5 Å². The van der Waals surface area contributed by atoms with E-state index in [1.807, 2.05) is 19.9 Å². The molecular weight excluding hydrogens is 362 g/mol. The van der Waals surface area contributed by atoms with Gasteiger partial charge in [0.15, 0.2) is 0 Å². The fraction of sp³-hybridized carbons (Fsp3) is 0.278. The minimum atomic E-state index is -0.351. The van der Waals surface area contributed by atoms with Crippen molar-refractivity contribution in [3.8, 4) is 11.3 Å². The summed E-state index contributed by atoms with van der Waals surface area (Å²) in [7, 11) is 1.67. The van der Waals surface area contributed by atoms with Crippen molar-refractivity contribution < 1.29 is 9.21 Å². The zero-order valence-corrected chi connectivity index (χ0v) is 15.7. The molecule has 4 rings (SSSR count). The van der Waals surface area contributed by atoms with E-state index in [1.54, 1.807) is 41.1 Å². The van der Waals surface area contributed by atoms with Gasteiger partial charge in [-0.3, -0.25) is 14.0 Å². The third-order valence-corrected chi connectivity index (χ3v) is 4.52. The van der Waals surface area contributed by atoms with Crippen LogP contribution in [0.2, 0.25) is 0 Å². The van der Waals surface area contributed by atoms with Crippen LogP contribution >= 0.6 is 0 Å². The Labute approximate surface area is 159 Å². The maximum absolute atomic E-state index is 12.7. The topological polar surface area (TPSA) is 112 Å². The molecule has 28 heavy (non-hydrogen) atoms. The lowest BCUT2D eigenvalue weighted by atomic mass is 10.2. The van der Waals surface area contributed by atoms with Crippen LogP contribution in [0.1, 0.15) is 22.0 Å². The molecule has 0 radical (unpaired) electrons. The largest absolute Gasteiger partial charge is 0.466 e. The molecule has 4 aromatic heterocycles. The Morgan fingerprint density at radius 2 is 1.96 bits per heavy atom. The molecule has 0 aliphatic carbocycles. The molecule has 1 N–H and O–H groups in total. The summed E-state index contributed by atoms with van der Waals surface area (Å²) in [5, 5.41) is 10.2. The first kappa shape index (κ1) is 17.7. The summed E-state index contributed by atoms with van der Waals surface area (Å²) < 4.78 is 10.4. The number of fused-ring (bicyclic) bond motifs is 1. The number of amides is 1. The first-order chi connectivity index (χ1) is 13.4. The SMILES string of the molecule is Cc1cc(-c2cn3cc(C(=O)NCCn4cnnc4)nc3c(=O)n2C)c(C)o1. The highest BCUT2D eigenvalue weighted by Crippen LogP contribution is 2.25. The quantitative estimate of drug-likeness (QED) is 0.550. The first-order valence-corrected chi connectivity index (χ1v) is 8.71. The monoisotopic (exact) mass is 381 g/mol. The lowest BCUT2D eigenvalue weighted by Crippen LogP contribution is -2.27. The second kappa shape index (κ2) is 6.80. The smallest absolute Gasteiger partial charge is 0.294 e. The van der Waals surface area contributed by atoms with Gasteiger partial charge in [-0.1, -0.05) is 0 Å². The summed E-state index contributed by atoms with van der Waals surface area (Å²) in [5.41, 5.74) is 1.59. The van der Waals surface area contributed by atoms with Crippen LogP contribution in [0.25, 0.3) is 16.9 Å². The van der Waals surface area contributed by atoms with E-state index < -0.39 is 0 Å². The average molecular weight is 381 g/mol. The Hall–Kier alpha value is -3.69. The second-order valence-corrected chi connectivity index (χ2v) is 6.52. The van der Waals surface area contributed by atoms with Gasteiger partial charge < -0.3 is 18.9 Å². The highest BCUT2D eigenvalue weighted by molar-refractivity contribution is 5.92. The number of carbonyl (C=O) groups is 1. The zero-order valence-electron chi connectivity index (χ0n) is 15.7. The molecule has 0 bridgehead atoms. The molecule has 144 valence electrons. The number of furan rings is 1. The second-order valence-electron chi connectivity index (χ2n) is 6.52. The molecule has 4 aromatic rings. The van der Waals surface area contributed by atoms with Gasteiger partial charge in [0, 0.05) is 38.1 Å². The van der Waals surface area contributed by atoms with Crippen LogP contribution in [0, 0.1) is 13.8 Å². The van der Waals surface area contributed by atoms with Crippen molar-refractivity contribution in [2.45, 2.75) is 20.4 Å². The molecule has 0 aromatic carbocycles. The molecular formula is C18H19N7O3. The molecule has 0 saturated carbocycles. The third-order valence-electron chi connectivity index (χ3n) is 4.52. The number of carbonyl (C=O) groups excluding carboxylic acids is 1. The Morgan fingerprint density at radius 1 is 1.21 bits per heavy atom. The van der Waals surface area contributed by atoms with Gasteiger partial charge in [-0.15, -0.1) is 10.2 Å². The molecule has 0 atom stereocenters. The Bertz CT molecular complexity index is 1210. The summed E-state index contributed by atoms with van der Waals surface area (Å²) in [5.74, 6) is 1.13. The van der Waals surface area contributed by atoms with Crippen molar-refractivity contribution in [3.63, 3.8) is 0 Å². The Morgan fingerprint density at radius 3 is 2.64 bits per heavy atom. The van der Waals surface area contributed by atoms with Crippen molar-refractivity contribution in [2.24, 2.45) is 7.05 Å². The van der Waals surface area contributed by atoms with E-state index >= 15 is 0 Å². The molecule has 10 heteroatoms. The number of hydrogen-bond donors (Lipinski definition) is 1. The van der Waals surface area contributed by atoms with Gasteiger partial charge in [-0.05, 0) is 19.9 Å². The van der Waals surface area contributed by atoms with Crippen LogP contribution in [-0.2, 0) is 13.6 Å². The third kappa shape index (κ3) is 3.08. The number of nitrogens with one attached hydrogen (secondary N) is 1. The zero-order chi connectivity index (χ0) is 19.8. The molecule has 0 aliphatic heterocycles. The van der Waals surface area contributed by atoms with Gasteiger partial charge in [-0.25, -0.2) is 4.98 Å². The number of aryl methyl sites for hydroxylation is 2. The van der Waals surface area contributed by atoms with Crippen LogP contribution in [-0.4, -0.2) is 41.2 Å². The van der Waals surface area contributed by atoms with E-state index in [4.69, 9.17) is 4.42 Å². The number of hydrogen-bond acceptors (Lipinski definition) is 6. The number of aromatic nitrogens is 6. The molecule has 0 saturated heterocycles. The van der Waals surface area contributed by atoms with Gasteiger partial charge in [0.2, 0.25) is 5.65 Å². The predicted molar refractivity (Wildman–Crippen MR) is 100.0 cm³/mol. The van der Waals surface area contributed by atoms with Gasteiger partial charge in [-0.2, -0.15) is 0 Å². The van der Waals surface area contributed by atoms with Crippen LogP contribution in [0.4, 0.5) is 0 Å². The summed E-state index contributed by atoms with van der Waals surface area (Å²) in [6, 6.07) is 1.88. The van der Waals surface area contributed by atoms with Gasteiger partial charge in [0.1, 0.15) is 29.9 Å². The molecule has 0 unspecified atom stereocenters. The van der Waals surface area contributed by atoms with Crippen molar-refractivity contribution in [2.75, 3.05) is 6.54 Å². The summed E-state index contributed by atoms with van der Waals surface area (Å²) in [4.78, 5) is 29.4. The van der Waals surface area contributed by atoms with E-state index in [1.165, 1.54) is 4.57 Å². The lowest BCUT2D eigenvalue weighted by molar-refractivity contribution is 0.0948. The summed E-state index contributed by atoms with van der Waals surface area (Å²) in [6.07, 6.45) is 6.47. The lowest BCUT2D eigenvalue weighted by Gasteiger charge is -2.07. The van der Waals surface area contributed by atoms with Crippen molar-refractivity contribution in [1.82, 2.24) is 34.0 Å². The van der Waals surface area contributed by atoms with Gasteiger partial charge in [0.25, 0.3) is 11.5 Å². The van der Waals surface area contributed by atoms with Crippen LogP contribution in [0.3, 0.4) is 0 Å². The molecule has 0 aliphatic rings. The minimum Gasteiger partial charge on any atom is -0.466 e. The fourth-order valence-electron chi connectivity index (χ4n) is 3.10. The van der Waals surface area contributed by atoms with E-state index in [0.717, 1.165) is 17.1 Å². The molecule has 10 nitrogen and oxygen atoms in total. The van der Waals surface area contributed by atoms with E-state index in [0.29, 0.717) is 18.8 Å². The highest BCUT2D eigenvalue weighted by atomic mass is 16.3. The average Bonchev–Trinajstić information content (AvgIpc) is 3.38. The first-order valence-electron chi connectivity index (χ1n) is 8.71. The minimum absolute atomic E-state index is 0.179. The van der Waals surface area contributed by atoms with Crippen LogP contribution in [0.15, 0.2) is 40.3 Å².